The van der Waals surface area contributed by atoms with Crippen LogP contribution in [-0.4, -0.2) is 9.97 Å². The Morgan fingerprint density at radius 3 is 2.33 bits per heavy atom. The summed E-state index contributed by atoms with van der Waals surface area (Å²) in [5.41, 5.74) is 1.89. The zero-order valence-electron chi connectivity index (χ0n) is 9.67. The molecule has 0 N–H and O–H groups in total. The van der Waals surface area contributed by atoms with Gasteiger partial charge in [0.15, 0.2) is 5.15 Å². The number of nitrogens with zero attached hydrogens (tertiary/aromatic N) is 2. The van der Waals surface area contributed by atoms with E-state index >= 15 is 0 Å². The SMILES string of the molecule is Cc1cc(Oc2ncnc(Cl)c2Br)cc(C)c1Cl. The highest BCUT2D eigenvalue weighted by Crippen LogP contribution is 2.33. The summed E-state index contributed by atoms with van der Waals surface area (Å²) < 4.78 is 6.19. The normalized spacial score (nSPS) is 10.5. The molecular formula is C12H9BrCl2N2O. The van der Waals surface area contributed by atoms with E-state index in [-0.39, 0.29) is 0 Å². The van der Waals surface area contributed by atoms with Gasteiger partial charge in [-0.05, 0) is 53.0 Å². The first-order chi connectivity index (χ1) is 8.49. The highest BCUT2D eigenvalue weighted by molar-refractivity contribution is 9.10. The first kappa shape index (κ1) is 13.6. The van der Waals surface area contributed by atoms with Crippen LogP contribution >= 0.6 is 39.1 Å². The molecule has 0 fully saturated rings. The third kappa shape index (κ3) is 2.76. The van der Waals surface area contributed by atoms with Crippen molar-refractivity contribution in [1.29, 1.82) is 0 Å². The van der Waals surface area contributed by atoms with Crippen LogP contribution in [-0.2, 0) is 0 Å². The predicted octanol–water partition coefficient (Wildman–Crippen LogP) is 4.96. The summed E-state index contributed by atoms with van der Waals surface area (Å²) in [6, 6.07) is 3.69. The average molecular weight is 348 g/mol. The highest BCUT2D eigenvalue weighted by atomic mass is 79.9. The molecule has 0 radical (unpaired) electrons. The minimum absolute atomic E-state index is 0.308. The van der Waals surface area contributed by atoms with Crippen molar-refractivity contribution in [2.24, 2.45) is 0 Å². The predicted molar refractivity (Wildman–Crippen MR) is 75.7 cm³/mol. The lowest BCUT2D eigenvalue weighted by Gasteiger charge is -2.10. The Bertz CT molecular complexity index is 582. The molecule has 2 aromatic rings. The largest absolute Gasteiger partial charge is 0.438 e. The van der Waals surface area contributed by atoms with Crippen molar-refractivity contribution >= 4 is 39.1 Å². The zero-order chi connectivity index (χ0) is 13.3. The maximum atomic E-state index is 6.10. The van der Waals surface area contributed by atoms with Gasteiger partial charge in [-0.2, -0.15) is 0 Å². The van der Waals surface area contributed by atoms with Crippen molar-refractivity contribution in [1.82, 2.24) is 9.97 Å². The maximum Gasteiger partial charge on any atom is 0.238 e. The van der Waals surface area contributed by atoms with Gasteiger partial charge in [0.2, 0.25) is 5.88 Å². The van der Waals surface area contributed by atoms with E-state index in [1.165, 1.54) is 6.33 Å². The van der Waals surface area contributed by atoms with Crippen molar-refractivity contribution in [3.63, 3.8) is 0 Å². The fourth-order valence-corrected chi connectivity index (χ4v) is 2.00. The Balaban J connectivity index is 2.37. The molecule has 0 saturated heterocycles. The molecule has 18 heavy (non-hydrogen) atoms. The molecule has 0 amide bonds. The van der Waals surface area contributed by atoms with E-state index < -0.39 is 0 Å². The Morgan fingerprint density at radius 1 is 1.11 bits per heavy atom. The van der Waals surface area contributed by atoms with Crippen molar-refractivity contribution in [3.05, 3.63) is 44.2 Å². The van der Waals surface area contributed by atoms with Gasteiger partial charge in [0.05, 0.1) is 0 Å². The lowest BCUT2D eigenvalue weighted by atomic mass is 10.1. The van der Waals surface area contributed by atoms with Crippen LogP contribution in [0.4, 0.5) is 0 Å². The lowest BCUT2D eigenvalue weighted by molar-refractivity contribution is 0.457. The number of benzene rings is 1. The van der Waals surface area contributed by atoms with E-state index in [4.69, 9.17) is 27.9 Å². The number of aryl methyl sites for hydroxylation is 2. The van der Waals surface area contributed by atoms with Crippen LogP contribution in [0.25, 0.3) is 0 Å². The van der Waals surface area contributed by atoms with Crippen LogP contribution in [0, 0.1) is 13.8 Å². The van der Waals surface area contributed by atoms with Gasteiger partial charge in [-0.25, -0.2) is 9.97 Å². The van der Waals surface area contributed by atoms with Crippen molar-refractivity contribution < 1.29 is 4.74 Å². The van der Waals surface area contributed by atoms with E-state index in [0.29, 0.717) is 21.3 Å². The van der Waals surface area contributed by atoms with Crippen LogP contribution in [0.5, 0.6) is 11.6 Å². The molecular weight excluding hydrogens is 339 g/mol. The fourth-order valence-electron chi connectivity index (χ4n) is 1.48. The Morgan fingerprint density at radius 2 is 1.72 bits per heavy atom. The summed E-state index contributed by atoms with van der Waals surface area (Å²) in [6.07, 6.45) is 1.35. The first-order valence-corrected chi connectivity index (χ1v) is 6.64. The number of hydrogen-bond donors (Lipinski definition) is 0. The second-order valence-electron chi connectivity index (χ2n) is 3.76. The smallest absolute Gasteiger partial charge is 0.238 e. The average Bonchev–Trinajstić information content (AvgIpc) is 2.32. The summed E-state index contributed by atoms with van der Waals surface area (Å²) in [5, 5.41) is 1.05. The third-order valence-electron chi connectivity index (χ3n) is 2.34. The number of hydrogen-bond acceptors (Lipinski definition) is 3. The summed E-state index contributed by atoms with van der Waals surface area (Å²) in [4.78, 5) is 7.86. The molecule has 0 aliphatic carbocycles. The molecule has 2 rings (SSSR count). The van der Waals surface area contributed by atoms with Crippen LogP contribution in [0.1, 0.15) is 11.1 Å². The maximum absolute atomic E-state index is 6.10. The standard InChI is InChI=1S/C12H9BrCl2N2O/c1-6-3-8(4-7(2)10(6)14)18-12-9(13)11(15)16-5-17-12/h3-5H,1-2H3. The number of aromatic nitrogens is 2. The van der Waals surface area contributed by atoms with Crippen LogP contribution in [0.2, 0.25) is 10.2 Å². The molecule has 1 aromatic carbocycles. The van der Waals surface area contributed by atoms with Crippen molar-refractivity contribution in [2.75, 3.05) is 0 Å². The number of ether oxygens (including phenoxy) is 1. The summed E-state index contributed by atoms with van der Waals surface area (Å²) in [6.45, 7) is 3.84. The summed E-state index contributed by atoms with van der Waals surface area (Å²) in [7, 11) is 0. The topological polar surface area (TPSA) is 35.0 Å². The molecule has 0 unspecified atom stereocenters. The van der Waals surface area contributed by atoms with Gasteiger partial charge in [-0.15, -0.1) is 0 Å². The molecule has 94 valence electrons. The van der Waals surface area contributed by atoms with Crippen LogP contribution in [0.15, 0.2) is 22.9 Å². The Labute approximate surface area is 123 Å². The Kier molecular flexibility index (Phi) is 4.10. The van der Waals surface area contributed by atoms with Crippen molar-refractivity contribution in [2.45, 2.75) is 13.8 Å². The van der Waals surface area contributed by atoms with Gasteiger partial charge in [0.25, 0.3) is 0 Å². The van der Waals surface area contributed by atoms with Crippen LogP contribution in [0.3, 0.4) is 0 Å². The molecule has 0 spiro atoms. The van der Waals surface area contributed by atoms with E-state index in [2.05, 4.69) is 25.9 Å². The second-order valence-corrected chi connectivity index (χ2v) is 5.29. The molecule has 3 nitrogen and oxygen atoms in total. The van der Waals surface area contributed by atoms with E-state index in [1.807, 2.05) is 26.0 Å². The quantitative estimate of drug-likeness (QED) is 0.720. The zero-order valence-corrected chi connectivity index (χ0v) is 12.8. The highest BCUT2D eigenvalue weighted by Gasteiger charge is 2.10. The van der Waals surface area contributed by atoms with Crippen molar-refractivity contribution in [3.8, 4) is 11.6 Å². The molecule has 1 aromatic heterocycles. The monoisotopic (exact) mass is 346 g/mol. The molecule has 6 heteroatoms. The van der Waals surface area contributed by atoms with Gasteiger partial charge in [-0.1, -0.05) is 23.2 Å². The van der Waals surface area contributed by atoms with E-state index in [0.717, 1.165) is 16.1 Å². The molecule has 1 heterocycles. The molecule has 0 atom stereocenters. The minimum Gasteiger partial charge on any atom is -0.438 e. The van der Waals surface area contributed by atoms with E-state index in [1.54, 1.807) is 0 Å². The first-order valence-electron chi connectivity index (χ1n) is 5.09. The summed E-state index contributed by atoms with van der Waals surface area (Å²) >= 11 is 15.2. The van der Waals surface area contributed by atoms with Crippen LogP contribution < -0.4 is 4.74 Å². The van der Waals surface area contributed by atoms with Gasteiger partial charge >= 0.3 is 0 Å². The van der Waals surface area contributed by atoms with E-state index in [9.17, 15) is 0 Å². The minimum atomic E-state index is 0.308. The third-order valence-corrected chi connectivity index (χ3v) is 4.17. The summed E-state index contributed by atoms with van der Waals surface area (Å²) in [5.74, 6) is 1.03. The molecule has 0 bridgehead atoms. The Hall–Kier alpha value is -0.840. The number of halogens is 3. The van der Waals surface area contributed by atoms with Gasteiger partial charge in [0.1, 0.15) is 16.5 Å². The van der Waals surface area contributed by atoms with Gasteiger partial charge < -0.3 is 4.74 Å². The second kappa shape index (κ2) is 5.43. The van der Waals surface area contributed by atoms with Gasteiger partial charge in [-0.3, -0.25) is 0 Å². The molecule has 0 saturated carbocycles. The van der Waals surface area contributed by atoms with Gasteiger partial charge in [0, 0.05) is 5.02 Å². The number of rotatable bonds is 2. The fraction of sp³-hybridized carbons (Fsp3) is 0.167. The molecule has 0 aliphatic rings. The lowest BCUT2D eigenvalue weighted by Crippen LogP contribution is -1.93. The molecule has 0 aliphatic heterocycles.